The van der Waals surface area contributed by atoms with Crippen molar-refractivity contribution < 1.29 is 0 Å². The molecule has 0 amide bonds. The molecule has 1 aromatic heterocycles. The zero-order valence-corrected chi connectivity index (χ0v) is 10.8. The number of fused-ring (bicyclic) bond motifs is 1. The topological polar surface area (TPSA) is 12.9 Å². The largest absolute Gasteiger partial charge is 0.244 e. The molecule has 0 bridgehead atoms. The number of pyridine rings is 1. The quantitative estimate of drug-likeness (QED) is 0.355. The van der Waals surface area contributed by atoms with Crippen LogP contribution in [0.4, 0.5) is 0 Å². The number of benzene rings is 1. The van der Waals surface area contributed by atoms with Crippen LogP contribution in [0.2, 0.25) is 25.2 Å². The average Bonchev–Trinajstić information content (AvgIpc) is 2.23. The summed E-state index contributed by atoms with van der Waals surface area (Å²) in [5, 5.41) is 2.67. The van der Waals surface area contributed by atoms with Gasteiger partial charge in [0.2, 0.25) is 0 Å². The summed E-state index contributed by atoms with van der Waals surface area (Å²) < 4.78 is 0. The predicted octanol–water partition coefficient (Wildman–Crippen LogP) is 5.50. The predicted molar refractivity (Wildman–Crippen MR) is 66.8 cm³/mol. The molecule has 2 aromatic rings. The zero-order chi connectivity index (χ0) is 11.2. The van der Waals surface area contributed by atoms with Crippen LogP contribution in [0, 0.1) is 0 Å². The van der Waals surface area contributed by atoms with Crippen molar-refractivity contribution in [2.45, 2.75) is 0 Å². The Morgan fingerprint density at radius 3 is 1.87 bits per heavy atom. The van der Waals surface area contributed by atoms with Crippen LogP contribution in [0.3, 0.4) is 0 Å². The molecule has 15 heavy (non-hydrogen) atoms. The van der Waals surface area contributed by atoms with E-state index in [9.17, 15) is 0 Å². The lowest BCUT2D eigenvalue weighted by Crippen LogP contribution is -1.83. The summed E-state index contributed by atoms with van der Waals surface area (Å²) >= 11 is 29.6. The molecule has 0 atom stereocenters. The molecule has 78 valence electrons. The van der Waals surface area contributed by atoms with E-state index in [2.05, 4.69) is 4.98 Å². The van der Waals surface area contributed by atoms with Gasteiger partial charge >= 0.3 is 0 Å². The number of halogens is 5. The standard InChI is InChI=1S/C9H2Cl5N/c10-5-1-3-4(2-15-5)7(12)9(14)8(13)6(3)11/h1-2H. The van der Waals surface area contributed by atoms with Crippen LogP contribution >= 0.6 is 58.0 Å². The van der Waals surface area contributed by atoms with Gasteiger partial charge in [-0.15, -0.1) is 0 Å². The number of hydrogen-bond acceptors (Lipinski definition) is 1. The van der Waals surface area contributed by atoms with Crippen molar-refractivity contribution in [1.29, 1.82) is 0 Å². The van der Waals surface area contributed by atoms with Gasteiger partial charge in [-0.2, -0.15) is 0 Å². The average molecular weight is 301 g/mol. The van der Waals surface area contributed by atoms with E-state index in [1.54, 1.807) is 6.07 Å². The van der Waals surface area contributed by atoms with E-state index >= 15 is 0 Å². The van der Waals surface area contributed by atoms with Gasteiger partial charge < -0.3 is 0 Å². The van der Waals surface area contributed by atoms with Crippen LogP contribution in [-0.4, -0.2) is 4.98 Å². The summed E-state index contributed by atoms with van der Waals surface area (Å²) in [5.74, 6) is 0. The molecule has 0 aliphatic carbocycles. The van der Waals surface area contributed by atoms with Crippen LogP contribution in [0.25, 0.3) is 10.8 Å². The second-order valence-corrected chi connectivity index (χ2v) is 4.71. The second kappa shape index (κ2) is 4.15. The Morgan fingerprint density at radius 2 is 1.27 bits per heavy atom. The smallest absolute Gasteiger partial charge is 0.129 e. The van der Waals surface area contributed by atoms with Gasteiger partial charge in [-0.25, -0.2) is 4.98 Å². The van der Waals surface area contributed by atoms with Crippen LogP contribution in [0.1, 0.15) is 0 Å². The van der Waals surface area contributed by atoms with E-state index in [4.69, 9.17) is 58.0 Å². The molecule has 2 rings (SSSR count). The van der Waals surface area contributed by atoms with Gasteiger partial charge in [-0.3, -0.25) is 0 Å². The summed E-state index contributed by atoms with van der Waals surface area (Å²) in [7, 11) is 0. The van der Waals surface area contributed by atoms with E-state index in [1.807, 2.05) is 0 Å². The molecule has 1 heterocycles. The van der Waals surface area contributed by atoms with E-state index < -0.39 is 0 Å². The van der Waals surface area contributed by atoms with Crippen LogP contribution in [0.15, 0.2) is 12.3 Å². The normalized spacial score (nSPS) is 11.0. The highest BCUT2D eigenvalue weighted by molar-refractivity contribution is 6.55. The third-order valence-electron chi connectivity index (χ3n) is 1.92. The van der Waals surface area contributed by atoms with E-state index in [-0.39, 0.29) is 10.0 Å². The molecule has 6 heteroatoms. The molecule has 0 N–H and O–H groups in total. The van der Waals surface area contributed by atoms with Crippen LogP contribution in [-0.2, 0) is 0 Å². The van der Waals surface area contributed by atoms with Gasteiger partial charge in [0.25, 0.3) is 0 Å². The van der Waals surface area contributed by atoms with Crippen LogP contribution < -0.4 is 0 Å². The Morgan fingerprint density at radius 1 is 0.733 bits per heavy atom. The first-order valence-electron chi connectivity index (χ1n) is 3.79. The summed E-state index contributed by atoms with van der Waals surface area (Å²) in [6, 6.07) is 1.59. The molecule has 1 aromatic carbocycles. The Kier molecular flexibility index (Phi) is 3.20. The lowest BCUT2D eigenvalue weighted by Gasteiger charge is -2.07. The molecule has 0 saturated carbocycles. The zero-order valence-electron chi connectivity index (χ0n) is 6.99. The first kappa shape index (κ1) is 11.6. The van der Waals surface area contributed by atoms with Crippen LogP contribution in [0.5, 0.6) is 0 Å². The molecule has 0 spiro atoms. The fourth-order valence-electron chi connectivity index (χ4n) is 1.22. The van der Waals surface area contributed by atoms with E-state index in [0.29, 0.717) is 26.0 Å². The SMILES string of the molecule is Clc1cc2c(Cl)c(Cl)c(Cl)c(Cl)c2cn1. The summed E-state index contributed by atoms with van der Waals surface area (Å²) in [6.07, 6.45) is 1.51. The number of nitrogens with zero attached hydrogens (tertiary/aromatic N) is 1. The maximum absolute atomic E-state index is 6.01. The fourth-order valence-corrected chi connectivity index (χ4v) is 2.36. The Balaban J connectivity index is 3.00. The molecule has 0 aliphatic rings. The van der Waals surface area contributed by atoms with Crippen molar-refractivity contribution in [3.63, 3.8) is 0 Å². The second-order valence-electron chi connectivity index (χ2n) is 2.81. The Hall–Kier alpha value is 0.0800. The molecule has 0 fully saturated rings. The molecule has 0 aliphatic heterocycles. The minimum atomic E-state index is 0.220. The molecular weight excluding hydrogens is 299 g/mol. The number of aromatic nitrogens is 1. The summed E-state index contributed by atoms with van der Waals surface area (Å²) in [5.41, 5.74) is 0. The highest BCUT2D eigenvalue weighted by Gasteiger charge is 2.15. The third-order valence-corrected chi connectivity index (χ3v) is 3.96. The highest BCUT2D eigenvalue weighted by atomic mass is 35.5. The van der Waals surface area contributed by atoms with Gasteiger partial charge in [0, 0.05) is 17.0 Å². The van der Waals surface area contributed by atoms with Gasteiger partial charge in [0.05, 0.1) is 20.1 Å². The molecule has 0 saturated heterocycles. The van der Waals surface area contributed by atoms with E-state index in [0.717, 1.165) is 0 Å². The Labute approximate surface area is 111 Å². The molecule has 1 nitrogen and oxygen atoms in total. The van der Waals surface area contributed by atoms with Crippen molar-refractivity contribution in [3.05, 3.63) is 37.5 Å². The minimum absolute atomic E-state index is 0.220. The first-order valence-corrected chi connectivity index (χ1v) is 5.68. The van der Waals surface area contributed by atoms with Gasteiger partial charge in [0.1, 0.15) is 5.15 Å². The summed E-state index contributed by atoms with van der Waals surface area (Å²) in [6.45, 7) is 0. The third kappa shape index (κ3) is 1.88. The molecular formula is C9H2Cl5N. The highest BCUT2D eigenvalue weighted by Crippen LogP contribution is 2.42. The van der Waals surface area contributed by atoms with E-state index in [1.165, 1.54) is 6.20 Å². The molecule has 0 unspecified atom stereocenters. The van der Waals surface area contributed by atoms with Gasteiger partial charge in [-0.1, -0.05) is 58.0 Å². The van der Waals surface area contributed by atoms with Crippen molar-refractivity contribution in [2.24, 2.45) is 0 Å². The van der Waals surface area contributed by atoms with Crippen molar-refractivity contribution in [3.8, 4) is 0 Å². The fraction of sp³-hybridized carbons (Fsp3) is 0. The minimum Gasteiger partial charge on any atom is -0.244 e. The number of hydrogen-bond donors (Lipinski definition) is 0. The lowest BCUT2D eigenvalue weighted by atomic mass is 10.2. The van der Waals surface area contributed by atoms with Gasteiger partial charge in [-0.05, 0) is 6.07 Å². The van der Waals surface area contributed by atoms with Crippen molar-refractivity contribution in [2.75, 3.05) is 0 Å². The lowest BCUT2D eigenvalue weighted by molar-refractivity contribution is 1.36. The Bertz CT molecular complexity index is 552. The first-order chi connectivity index (χ1) is 7.02. The van der Waals surface area contributed by atoms with Crippen molar-refractivity contribution in [1.82, 2.24) is 4.98 Å². The van der Waals surface area contributed by atoms with Gasteiger partial charge in [0.15, 0.2) is 0 Å². The maximum atomic E-state index is 6.01. The van der Waals surface area contributed by atoms with Crippen molar-refractivity contribution >= 4 is 68.8 Å². The number of rotatable bonds is 0. The monoisotopic (exact) mass is 299 g/mol. The molecule has 0 radical (unpaired) electrons. The summed E-state index contributed by atoms with van der Waals surface area (Å²) in [4.78, 5) is 3.90. The maximum Gasteiger partial charge on any atom is 0.129 e.